The molecule has 0 rings (SSSR count). The molecule has 0 aromatic heterocycles. The summed E-state index contributed by atoms with van der Waals surface area (Å²) in [5, 5.41) is 3.01. The quantitative estimate of drug-likeness (QED) is 0.567. The van der Waals surface area contributed by atoms with Crippen LogP contribution >= 0.6 is 0 Å². The van der Waals surface area contributed by atoms with Gasteiger partial charge < -0.3 is 10.2 Å². The van der Waals surface area contributed by atoms with E-state index < -0.39 is 0 Å². The van der Waals surface area contributed by atoms with Crippen LogP contribution in [0.3, 0.4) is 0 Å². The molecule has 0 aliphatic rings. The van der Waals surface area contributed by atoms with Gasteiger partial charge in [-0.05, 0) is 7.05 Å². The third-order valence-electron chi connectivity index (χ3n) is 1.01. The van der Waals surface area contributed by atoms with Gasteiger partial charge in [-0.25, -0.2) is 0 Å². The molecular weight excluding hydrogens is 100 g/mol. The molecule has 0 fully saturated rings. The van der Waals surface area contributed by atoms with Gasteiger partial charge in [0.05, 0.1) is 0 Å². The summed E-state index contributed by atoms with van der Waals surface area (Å²) in [4.78, 5) is 2.00. The van der Waals surface area contributed by atoms with Gasteiger partial charge in [0.25, 0.3) is 0 Å². The molecule has 48 valence electrons. The Morgan fingerprint density at radius 1 is 1.62 bits per heavy atom. The van der Waals surface area contributed by atoms with E-state index in [1.54, 1.807) is 0 Å². The highest BCUT2D eigenvalue weighted by Gasteiger charge is 1.90. The highest BCUT2D eigenvalue weighted by atomic mass is 15.1. The van der Waals surface area contributed by atoms with Crippen molar-refractivity contribution in [1.82, 2.24) is 10.2 Å². The minimum Gasteiger partial charge on any atom is -0.380 e. The van der Waals surface area contributed by atoms with Crippen LogP contribution in [0.2, 0.25) is 0 Å². The van der Waals surface area contributed by atoms with E-state index in [-0.39, 0.29) is 0 Å². The molecule has 0 spiro atoms. The van der Waals surface area contributed by atoms with Gasteiger partial charge in [-0.1, -0.05) is 6.58 Å². The number of rotatable bonds is 3. The summed E-state index contributed by atoms with van der Waals surface area (Å²) in [5.74, 6) is 0. The van der Waals surface area contributed by atoms with E-state index in [2.05, 4.69) is 11.9 Å². The first-order chi connectivity index (χ1) is 3.68. The van der Waals surface area contributed by atoms with Crippen molar-refractivity contribution in [2.45, 2.75) is 0 Å². The van der Waals surface area contributed by atoms with Gasteiger partial charge in [0, 0.05) is 26.3 Å². The van der Waals surface area contributed by atoms with Crippen LogP contribution in [0.1, 0.15) is 0 Å². The van der Waals surface area contributed by atoms with Crippen molar-refractivity contribution in [1.29, 1.82) is 0 Å². The van der Waals surface area contributed by atoms with Crippen LogP contribution in [-0.2, 0) is 0 Å². The molecule has 0 amide bonds. The van der Waals surface area contributed by atoms with Gasteiger partial charge >= 0.3 is 0 Å². The van der Waals surface area contributed by atoms with Crippen molar-refractivity contribution in [2.24, 2.45) is 0 Å². The summed E-state index contributed by atoms with van der Waals surface area (Å²) in [6, 6.07) is 0. The Morgan fingerprint density at radius 2 is 2.12 bits per heavy atom. The molecule has 0 saturated carbocycles. The van der Waals surface area contributed by atoms with E-state index in [1.807, 2.05) is 26.0 Å². The number of likely N-dealkylation sites (N-methyl/N-ethyl adjacent to an activating group) is 2. The molecule has 8 heavy (non-hydrogen) atoms. The molecule has 0 saturated heterocycles. The second-order valence-electron chi connectivity index (χ2n) is 1.99. The summed E-state index contributed by atoms with van der Waals surface area (Å²) in [7, 11) is 5.88. The topological polar surface area (TPSA) is 15.3 Å². The largest absolute Gasteiger partial charge is 0.380 e. The zero-order chi connectivity index (χ0) is 6.57. The Labute approximate surface area is 51.2 Å². The monoisotopic (exact) mass is 114 g/mol. The lowest BCUT2D eigenvalue weighted by Crippen LogP contribution is -2.20. The minimum absolute atomic E-state index is 0.868. The fraction of sp³-hybridized carbons (Fsp3) is 0.667. The predicted octanol–water partition coefficient (Wildman–Crippen LogP) is 0.281. The normalized spacial score (nSPS) is 8.88. The Balaban J connectivity index is 3.33. The van der Waals surface area contributed by atoms with Gasteiger partial charge in [0.2, 0.25) is 0 Å². The van der Waals surface area contributed by atoms with E-state index in [0.717, 1.165) is 12.2 Å². The van der Waals surface area contributed by atoms with E-state index in [0.29, 0.717) is 0 Å². The predicted molar refractivity (Wildman–Crippen MR) is 36.8 cm³/mol. The third-order valence-corrected chi connectivity index (χ3v) is 1.01. The van der Waals surface area contributed by atoms with Crippen LogP contribution in [0.15, 0.2) is 12.3 Å². The molecule has 0 bridgehead atoms. The second kappa shape index (κ2) is 3.50. The Hall–Kier alpha value is -0.500. The van der Waals surface area contributed by atoms with E-state index in [4.69, 9.17) is 0 Å². The fourth-order valence-electron chi connectivity index (χ4n) is 0.362. The fourth-order valence-corrected chi connectivity index (χ4v) is 0.362. The van der Waals surface area contributed by atoms with Gasteiger partial charge in [0.15, 0.2) is 0 Å². The zero-order valence-corrected chi connectivity index (χ0v) is 5.86. The Morgan fingerprint density at radius 3 is 2.25 bits per heavy atom. The number of hydrogen-bond acceptors (Lipinski definition) is 2. The molecule has 0 heterocycles. The molecule has 0 aliphatic carbocycles. The molecule has 0 atom stereocenters. The first-order valence-corrected chi connectivity index (χ1v) is 2.68. The van der Waals surface area contributed by atoms with Crippen molar-refractivity contribution in [3.8, 4) is 0 Å². The summed E-state index contributed by atoms with van der Waals surface area (Å²) in [6.07, 6.45) is 0. The van der Waals surface area contributed by atoms with Crippen molar-refractivity contribution in [3.63, 3.8) is 0 Å². The van der Waals surface area contributed by atoms with Gasteiger partial charge in [-0.3, -0.25) is 0 Å². The molecular formula is C6H14N2. The molecule has 0 aromatic rings. The SMILES string of the molecule is C=C(CNC)N(C)C. The summed E-state index contributed by atoms with van der Waals surface area (Å²) >= 11 is 0. The van der Waals surface area contributed by atoms with Gasteiger partial charge in [-0.15, -0.1) is 0 Å². The van der Waals surface area contributed by atoms with Gasteiger partial charge in [-0.2, -0.15) is 0 Å². The standard InChI is InChI=1S/C6H14N2/c1-6(5-7-2)8(3)4/h7H,1,5H2,2-4H3. The molecule has 0 unspecified atom stereocenters. The van der Waals surface area contributed by atoms with Crippen LogP contribution in [0, 0.1) is 0 Å². The van der Waals surface area contributed by atoms with E-state index in [1.165, 1.54) is 0 Å². The van der Waals surface area contributed by atoms with Crippen LogP contribution < -0.4 is 5.32 Å². The molecule has 2 heteroatoms. The lowest BCUT2D eigenvalue weighted by molar-refractivity contribution is 0.493. The average Bonchev–Trinajstić information content (AvgIpc) is 1.67. The Bertz CT molecular complexity index is 76.6. The lowest BCUT2D eigenvalue weighted by Gasteiger charge is -2.14. The number of nitrogens with one attached hydrogen (secondary N) is 1. The highest BCUT2D eigenvalue weighted by molar-refractivity contribution is 4.92. The first-order valence-electron chi connectivity index (χ1n) is 2.68. The summed E-state index contributed by atoms with van der Waals surface area (Å²) in [6.45, 7) is 4.68. The van der Waals surface area contributed by atoms with Crippen LogP contribution in [0.25, 0.3) is 0 Å². The van der Waals surface area contributed by atoms with Crippen LogP contribution in [0.4, 0.5) is 0 Å². The smallest absolute Gasteiger partial charge is 0.0347 e. The maximum Gasteiger partial charge on any atom is 0.0347 e. The minimum atomic E-state index is 0.868. The van der Waals surface area contributed by atoms with Crippen molar-refractivity contribution in [2.75, 3.05) is 27.7 Å². The van der Waals surface area contributed by atoms with Crippen molar-refractivity contribution >= 4 is 0 Å². The van der Waals surface area contributed by atoms with Crippen LogP contribution in [-0.4, -0.2) is 32.6 Å². The molecule has 0 aliphatic heterocycles. The van der Waals surface area contributed by atoms with E-state index >= 15 is 0 Å². The number of hydrogen-bond donors (Lipinski definition) is 1. The number of nitrogens with zero attached hydrogens (tertiary/aromatic N) is 1. The maximum absolute atomic E-state index is 3.81. The van der Waals surface area contributed by atoms with Crippen molar-refractivity contribution in [3.05, 3.63) is 12.3 Å². The van der Waals surface area contributed by atoms with Crippen LogP contribution in [0.5, 0.6) is 0 Å². The summed E-state index contributed by atoms with van der Waals surface area (Å²) < 4.78 is 0. The molecule has 1 N–H and O–H groups in total. The highest BCUT2D eigenvalue weighted by Crippen LogP contribution is 1.88. The molecule has 0 aromatic carbocycles. The Kier molecular flexibility index (Phi) is 3.28. The second-order valence-corrected chi connectivity index (χ2v) is 1.99. The average molecular weight is 114 g/mol. The molecule has 2 nitrogen and oxygen atoms in total. The van der Waals surface area contributed by atoms with E-state index in [9.17, 15) is 0 Å². The summed E-state index contributed by atoms with van der Waals surface area (Å²) in [5.41, 5.74) is 1.10. The zero-order valence-electron chi connectivity index (χ0n) is 5.86. The molecule has 0 radical (unpaired) electrons. The lowest BCUT2D eigenvalue weighted by atomic mass is 10.4. The first kappa shape index (κ1) is 7.50. The van der Waals surface area contributed by atoms with Crippen molar-refractivity contribution < 1.29 is 0 Å². The van der Waals surface area contributed by atoms with Gasteiger partial charge in [0.1, 0.15) is 0 Å². The maximum atomic E-state index is 3.81. The third kappa shape index (κ3) is 2.64.